The van der Waals surface area contributed by atoms with Crippen LogP contribution >= 0.6 is 39.1 Å². The summed E-state index contributed by atoms with van der Waals surface area (Å²) in [5.41, 5.74) is 0.106. The van der Waals surface area contributed by atoms with Gasteiger partial charge < -0.3 is 9.15 Å². The van der Waals surface area contributed by atoms with Gasteiger partial charge in [-0.2, -0.15) is 5.10 Å². The maximum Gasteiger partial charge on any atom is 0.347 e. The summed E-state index contributed by atoms with van der Waals surface area (Å²) in [6.45, 7) is 0. The Labute approximate surface area is 170 Å². The van der Waals surface area contributed by atoms with E-state index in [4.69, 9.17) is 32.4 Å². The van der Waals surface area contributed by atoms with Crippen molar-refractivity contribution < 1.29 is 9.15 Å². The van der Waals surface area contributed by atoms with Crippen LogP contribution in [0.15, 0.2) is 50.3 Å². The zero-order chi connectivity index (χ0) is 19.1. The molecule has 136 valence electrons. The standard InChI is InChI=1S/C17H9BrCl2N4O3/c1-26-12-6-8(19)5-9-14(12)22-16(27-17(9)25)11-7-13(18)23-24(11)15-10(20)3-2-4-21-15/h2-7H,1H3. The van der Waals surface area contributed by atoms with Crippen molar-refractivity contribution in [2.45, 2.75) is 0 Å². The van der Waals surface area contributed by atoms with Gasteiger partial charge in [-0.3, -0.25) is 0 Å². The summed E-state index contributed by atoms with van der Waals surface area (Å²) >= 11 is 15.6. The molecule has 4 aromatic rings. The second kappa shape index (κ2) is 6.95. The molecule has 10 heteroatoms. The SMILES string of the molecule is COc1cc(Cl)cc2c(=O)oc(-c3cc(Br)nn3-c3ncccc3Cl)nc12. The summed E-state index contributed by atoms with van der Waals surface area (Å²) in [6, 6.07) is 8.07. The predicted molar refractivity (Wildman–Crippen MR) is 105 cm³/mol. The first-order valence-electron chi connectivity index (χ1n) is 7.53. The van der Waals surface area contributed by atoms with Gasteiger partial charge in [-0.25, -0.2) is 19.4 Å². The number of methoxy groups -OCH3 is 1. The quantitative estimate of drug-likeness (QED) is 0.440. The summed E-state index contributed by atoms with van der Waals surface area (Å²) in [5.74, 6) is 0.758. The molecule has 0 fully saturated rings. The molecule has 0 bridgehead atoms. The summed E-state index contributed by atoms with van der Waals surface area (Å²) in [5, 5.41) is 5.25. The lowest BCUT2D eigenvalue weighted by atomic mass is 10.2. The average molecular weight is 468 g/mol. The van der Waals surface area contributed by atoms with E-state index in [0.29, 0.717) is 37.4 Å². The van der Waals surface area contributed by atoms with Crippen LogP contribution in [0.5, 0.6) is 5.75 Å². The molecular weight excluding hydrogens is 459 g/mol. The van der Waals surface area contributed by atoms with Crippen LogP contribution in [-0.4, -0.2) is 26.9 Å². The Bertz CT molecular complexity index is 1240. The second-order valence-corrected chi connectivity index (χ2v) is 7.04. The van der Waals surface area contributed by atoms with Gasteiger partial charge in [0.1, 0.15) is 21.6 Å². The molecule has 0 aliphatic heterocycles. The zero-order valence-electron chi connectivity index (χ0n) is 13.6. The molecule has 0 N–H and O–H groups in total. The first-order chi connectivity index (χ1) is 13.0. The van der Waals surface area contributed by atoms with E-state index in [0.717, 1.165) is 0 Å². The first-order valence-corrected chi connectivity index (χ1v) is 9.08. The van der Waals surface area contributed by atoms with Crippen LogP contribution in [-0.2, 0) is 0 Å². The summed E-state index contributed by atoms with van der Waals surface area (Å²) in [7, 11) is 1.47. The third-order valence-electron chi connectivity index (χ3n) is 3.72. The number of hydrogen-bond acceptors (Lipinski definition) is 6. The van der Waals surface area contributed by atoms with E-state index in [1.807, 2.05) is 0 Å². The molecule has 0 radical (unpaired) electrons. The number of nitrogens with zero attached hydrogens (tertiary/aromatic N) is 4. The van der Waals surface area contributed by atoms with Crippen LogP contribution in [0, 0.1) is 0 Å². The molecule has 0 amide bonds. The molecule has 0 saturated carbocycles. The maximum atomic E-state index is 12.5. The minimum absolute atomic E-state index is 0.0352. The monoisotopic (exact) mass is 466 g/mol. The van der Waals surface area contributed by atoms with Crippen molar-refractivity contribution in [3.05, 3.63) is 61.6 Å². The minimum Gasteiger partial charge on any atom is -0.494 e. The van der Waals surface area contributed by atoms with Crippen molar-refractivity contribution in [1.82, 2.24) is 19.7 Å². The number of fused-ring (bicyclic) bond motifs is 1. The van der Waals surface area contributed by atoms with E-state index >= 15 is 0 Å². The molecule has 7 nitrogen and oxygen atoms in total. The Morgan fingerprint density at radius 2 is 2.07 bits per heavy atom. The summed E-state index contributed by atoms with van der Waals surface area (Å²) in [4.78, 5) is 21.2. The summed E-state index contributed by atoms with van der Waals surface area (Å²) in [6.07, 6.45) is 1.58. The van der Waals surface area contributed by atoms with Crippen molar-refractivity contribution in [3.8, 4) is 23.2 Å². The van der Waals surface area contributed by atoms with E-state index in [2.05, 4.69) is 31.0 Å². The fraction of sp³-hybridized carbons (Fsp3) is 0.0588. The number of aromatic nitrogens is 4. The van der Waals surface area contributed by atoms with Gasteiger partial charge in [0.15, 0.2) is 5.82 Å². The highest BCUT2D eigenvalue weighted by atomic mass is 79.9. The van der Waals surface area contributed by atoms with E-state index in [-0.39, 0.29) is 11.3 Å². The highest BCUT2D eigenvalue weighted by Gasteiger charge is 2.20. The molecule has 3 aromatic heterocycles. The van der Waals surface area contributed by atoms with Gasteiger partial charge in [0.25, 0.3) is 0 Å². The van der Waals surface area contributed by atoms with Crippen LogP contribution < -0.4 is 10.4 Å². The molecule has 3 heterocycles. The molecule has 0 unspecified atom stereocenters. The minimum atomic E-state index is -0.605. The number of pyridine rings is 1. The molecular formula is C17H9BrCl2N4O3. The van der Waals surface area contributed by atoms with Gasteiger partial charge in [-0.05, 0) is 34.1 Å². The number of benzene rings is 1. The molecule has 0 saturated heterocycles. The first kappa shape index (κ1) is 18.0. The van der Waals surface area contributed by atoms with Crippen LogP contribution in [0.3, 0.4) is 0 Å². The number of hydrogen-bond donors (Lipinski definition) is 0. The van der Waals surface area contributed by atoms with E-state index < -0.39 is 5.63 Å². The van der Waals surface area contributed by atoms with Crippen LogP contribution in [0.2, 0.25) is 10.0 Å². The highest BCUT2D eigenvalue weighted by Crippen LogP contribution is 2.31. The van der Waals surface area contributed by atoms with Gasteiger partial charge in [-0.1, -0.05) is 23.2 Å². The lowest BCUT2D eigenvalue weighted by Gasteiger charge is -2.08. The van der Waals surface area contributed by atoms with Crippen molar-refractivity contribution in [2.75, 3.05) is 7.11 Å². The molecule has 4 rings (SSSR count). The number of rotatable bonds is 3. The maximum absolute atomic E-state index is 12.5. The Balaban J connectivity index is 2.01. The number of halogens is 3. The van der Waals surface area contributed by atoms with Gasteiger partial charge in [-0.15, -0.1) is 0 Å². The Morgan fingerprint density at radius 1 is 1.26 bits per heavy atom. The molecule has 0 aliphatic carbocycles. The largest absolute Gasteiger partial charge is 0.494 e. The molecule has 27 heavy (non-hydrogen) atoms. The van der Waals surface area contributed by atoms with Gasteiger partial charge in [0, 0.05) is 23.4 Å². The third-order valence-corrected chi connectivity index (χ3v) is 4.62. The fourth-order valence-corrected chi connectivity index (χ4v) is 3.36. The van der Waals surface area contributed by atoms with Crippen molar-refractivity contribution in [3.63, 3.8) is 0 Å². The summed E-state index contributed by atoms with van der Waals surface area (Å²) < 4.78 is 12.6. The lowest BCUT2D eigenvalue weighted by Crippen LogP contribution is -2.08. The normalized spacial score (nSPS) is 11.1. The molecule has 0 aliphatic rings. The second-order valence-electron chi connectivity index (χ2n) is 5.38. The van der Waals surface area contributed by atoms with Crippen LogP contribution in [0.1, 0.15) is 0 Å². The van der Waals surface area contributed by atoms with E-state index in [1.165, 1.54) is 17.9 Å². The van der Waals surface area contributed by atoms with E-state index in [9.17, 15) is 4.79 Å². The predicted octanol–water partition coefficient (Wildman–Crippen LogP) is 4.51. The molecule has 1 aromatic carbocycles. The topological polar surface area (TPSA) is 83.0 Å². The lowest BCUT2D eigenvalue weighted by molar-refractivity contribution is 0.417. The van der Waals surface area contributed by atoms with Gasteiger partial charge >= 0.3 is 5.63 Å². The number of ether oxygens (including phenoxy) is 1. The highest BCUT2D eigenvalue weighted by molar-refractivity contribution is 9.10. The average Bonchev–Trinajstić information content (AvgIpc) is 3.03. The molecule has 0 atom stereocenters. The fourth-order valence-electron chi connectivity index (χ4n) is 2.58. The van der Waals surface area contributed by atoms with Crippen molar-refractivity contribution in [2.24, 2.45) is 0 Å². The zero-order valence-corrected chi connectivity index (χ0v) is 16.7. The molecule has 0 spiro atoms. The Hall–Kier alpha value is -2.42. The van der Waals surface area contributed by atoms with Crippen molar-refractivity contribution >= 4 is 50.0 Å². The van der Waals surface area contributed by atoms with Crippen LogP contribution in [0.25, 0.3) is 28.3 Å². The smallest absolute Gasteiger partial charge is 0.347 e. The Morgan fingerprint density at radius 3 is 2.81 bits per heavy atom. The van der Waals surface area contributed by atoms with Crippen LogP contribution in [0.4, 0.5) is 0 Å². The van der Waals surface area contributed by atoms with Gasteiger partial charge in [0.05, 0.1) is 17.5 Å². The Kier molecular flexibility index (Phi) is 4.63. The van der Waals surface area contributed by atoms with E-state index in [1.54, 1.807) is 30.5 Å². The van der Waals surface area contributed by atoms with Crippen molar-refractivity contribution in [1.29, 1.82) is 0 Å². The van der Waals surface area contributed by atoms with Gasteiger partial charge in [0.2, 0.25) is 5.89 Å². The third kappa shape index (κ3) is 3.20.